The lowest BCUT2D eigenvalue weighted by Crippen LogP contribution is -2.30. The molecule has 0 amide bonds. The van der Waals surface area contributed by atoms with Crippen LogP contribution in [0.25, 0.3) is 0 Å². The third-order valence-corrected chi connectivity index (χ3v) is 20.0. The average Bonchev–Trinajstić information content (AvgIpc) is 2.31. The Morgan fingerprint density at radius 3 is 0.800 bits per heavy atom. The fourth-order valence-electron chi connectivity index (χ4n) is 11.6. The Labute approximate surface area is 581 Å². The van der Waals surface area contributed by atoms with Crippen molar-refractivity contribution in [3.63, 3.8) is 0 Å². The zero-order chi connectivity index (χ0) is 70.0. The van der Waals surface area contributed by atoms with Crippen molar-refractivity contribution < 1.29 is 80.2 Å². The van der Waals surface area contributed by atoms with Gasteiger partial charge in [-0.3, -0.25) is 37.3 Å². The molecule has 3 N–H and O–H groups in total. The highest BCUT2D eigenvalue weighted by molar-refractivity contribution is 7.47. The Balaban J connectivity index is 5.24. The Kier molecular flexibility index (Phi) is 66.5. The number of esters is 4. The van der Waals surface area contributed by atoms with E-state index in [9.17, 15) is 43.2 Å². The predicted octanol–water partition coefficient (Wildman–Crippen LogP) is 22.3. The lowest BCUT2D eigenvalue weighted by atomic mass is 9.99. The van der Waals surface area contributed by atoms with Crippen LogP contribution in [-0.4, -0.2) is 96.7 Å². The van der Waals surface area contributed by atoms with Gasteiger partial charge in [-0.1, -0.05) is 343 Å². The molecule has 19 heteroatoms. The Bertz CT molecular complexity index is 1840. The van der Waals surface area contributed by atoms with Gasteiger partial charge in [-0.25, -0.2) is 9.13 Å². The van der Waals surface area contributed by atoms with E-state index in [0.717, 1.165) is 102 Å². The number of carbonyl (C=O) groups excluding carboxylic acids is 4. The molecule has 564 valence electrons. The summed E-state index contributed by atoms with van der Waals surface area (Å²) >= 11 is 0. The number of aliphatic hydroxyl groups excluding tert-OH is 1. The minimum Gasteiger partial charge on any atom is -0.462 e. The first-order chi connectivity index (χ1) is 45.9. The normalized spacial score (nSPS) is 14.3. The molecular formula is C76H148O17P2. The van der Waals surface area contributed by atoms with E-state index in [1.54, 1.807) is 0 Å². The van der Waals surface area contributed by atoms with Gasteiger partial charge in [0.25, 0.3) is 0 Å². The number of phosphoric acid groups is 2. The molecule has 0 radical (unpaired) electrons. The lowest BCUT2D eigenvalue weighted by Gasteiger charge is -2.21. The van der Waals surface area contributed by atoms with Crippen LogP contribution in [0, 0.1) is 11.8 Å². The molecule has 3 unspecified atom stereocenters. The van der Waals surface area contributed by atoms with Crippen molar-refractivity contribution in [1.82, 2.24) is 0 Å². The molecule has 0 aliphatic carbocycles. The van der Waals surface area contributed by atoms with E-state index >= 15 is 0 Å². The molecular weight excluding hydrogens is 1250 g/mol. The first-order valence-corrected chi connectivity index (χ1v) is 42.5. The highest BCUT2D eigenvalue weighted by atomic mass is 31.2. The first-order valence-electron chi connectivity index (χ1n) is 39.5. The molecule has 0 aromatic heterocycles. The van der Waals surface area contributed by atoms with Gasteiger partial charge in [0.1, 0.15) is 19.3 Å². The van der Waals surface area contributed by atoms with Crippen LogP contribution in [0.2, 0.25) is 0 Å². The number of hydrogen-bond acceptors (Lipinski definition) is 15. The van der Waals surface area contributed by atoms with Gasteiger partial charge < -0.3 is 33.8 Å². The maximum absolute atomic E-state index is 13.1. The van der Waals surface area contributed by atoms with Crippen LogP contribution in [0.4, 0.5) is 0 Å². The van der Waals surface area contributed by atoms with Crippen molar-refractivity contribution in [3.8, 4) is 0 Å². The van der Waals surface area contributed by atoms with Crippen molar-refractivity contribution in [3.05, 3.63) is 0 Å². The van der Waals surface area contributed by atoms with Gasteiger partial charge >= 0.3 is 39.5 Å². The highest BCUT2D eigenvalue weighted by Crippen LogP contribution is 2.45. The van der Waals surface area contributed by atoms with Crippen molar-refractivity contribution in [1.29, 1.82) is 0 Å². The smallest absolute Gasteiger partial charge is 0.462 e. The number of ether oxygens (including phenoxy) is 4. The standard InChI is InChI=1S/C76H148O17P2/c1-7-10-12-14-16-18-19-20-21-22-23-24-29-36-42-48-54-60-75(80)92-72(65-87-74(79)59-53-47-41-35-28-26-25-27-33-38-44-50-56-68(4)5)67-91-95(84,85)89-63-70(77)62-88-94(82,83)90-66-71(64-86-73(78)58-52-46-40-32-17-15-13-11-8-2)93-76(81)61-55-49-43-37-31-30-34-39-45-51-57-69(6)9-3/h68-72,77H,7-67H2,1-6H3,(H,82,83)(H,84,85)/t69?,70-,71+,72+/m0/s1. The maximum atomic E-state index is 13.1. The molecule has 0 heterocycles. The van der Waals surface area contributed by atoms with Crippen LogP contribution >= 0.6 is 15.6 Å². The van der Waals surface area contributed by atoms with E-state index in [1.807, 2.05) is 0 Å². The largest absolute Gasteiger partial charge is 0.472 e. The summed E-state index contributed by atoms with van der Waals surface area (Å²) in [6.45, 7) is 9.62. The van der Waals surface area contributed by atoms with Crippen molar-refractivity contribution in [2.24, 2.45) is 11.8 Å². The third kappa shape index (κ3) is 69.0. The Morgan fingerprint density at radius 1 is 0.305 bits per heavy atom. The summed E-state index contributed by atoms with van der Waals surface area (Å²) < 4.78 is 68.5. The Hall–Kier alpha value is -1.94. The second-order valence-electron chi connectivity index (χ2n) is 28.1. The van der Waals surface area contributed by atoms with E-state index in [-0.39, 0.29) is 25.7 Å². The molecule has 0 aromatic carbocycles. The highest BCUT2D eigenvalue weighted by Gasteiger charge is 2.30. The number of rotatable bonds is 75. The quantitative estimate of drug-likeness (QED) is 0.0222. The van der Waals surface area contributed by atoms with Gasteiger partial charge in [0, 0.05) is 25.7 Å². The van der Waals surface area contributed by atoms with Gasteiger partial charge in [-0.2, -0.15) is 0 Å². The topological polar surface area (TPSA) is 237 Å². The number of carbonyl (C=O) groups is 4. The van der Waals surface area contributed by atoms with E-state index < -0.39 is 97.5 Å². The number of hydrogen-bond donors (Lipinski definition) is 3. The monoisotopic (exact) mass is 1400 g/mol. The van der Waals surface area contributed by atoms with Crippen LogP contribution in [0.15, 0.2) is 0 Å². The molecule has 0 aromatic rings. The molecule has 0 rings (SSSR count). The fraction of sp³-hybridized carbons (Fsp3) is 0.947. The zero-order valence-corrected chi connectivity index (χ0v) is 63.8. The summed E-state index contributed by atoms with van der Waals surface area (Å²) in [7, 11) is -9.91. The zero-order valence-electron chi connectivity index (χ0n) is 62.0. The van der Waals surface area contributed by atoms with E-state index in [4.69, 9.17) is 37.0 Å². The molecule has 0 saturated heterocycles. The van der Waals surface area contributed by atoms with Gasteiger partial charge in [-0.05, 0) is 37.5 Å². The summed E-state index contributed by atoms with van der Waals surface area (Å²) in [5.74, 6) is -0.530. The van der Waals surface area contributed by atoms with Crippen LogP contribution in [0.5, 0.6) is 0 Å². The molecule has 6 atom stereocenters. The number of phosphoric ester groups is 2. The molecule has 0 aliphatic heterocycles. The van der Waals surface area contributed by atoms with Crippen molar-refractivity contribution >= 4 is 39.5 Å². The van der Waals surface area contributed by atoms with Crippen LogP contribution in [0.3, 0.4) is 0 Å². The molecule has 0 saturated carbocycles. The minimum absolute atomic E-state index is 0.106. The molecule has 0 bridgehead atoms. The second-order valence-corrected chi connectivity index (χ2v) is 31.0. The van der Waals surface area contributed by atoms with E-state index in [0.29, 0.717) is 25.7 Å². The van der Waals surface area contributed by atoms with Gasteiger partial charge in [0.2, 0.25) is 0 Å². The summed E-state index contributed by atoms with van der Waals surface area (Å²) in [4.78, 5) is 72.8. The molecule has 0 aliphatic rings. The van der Waals surface area contributed by atoms with Crippen LogP contribution < -0.4 is 0 Å². The first kappa shape index (κ1) is 93.1. The molecule has 95 heavy (non-hydrogen) atoms. The van der Waals surface area contributed by atoms with Crippen molar-refractivity contribution in [2.45, 2.75) is 413 Å². The van der Waals surface area contributed by atoms with Crippen molar-refractivity contribution in [2.75, 3.05) is 39.6 Å². The maximum Gasteiger partial charge on any atom is 0.472 e. The summed E-state index contributed by atoms with van der Waals surface area (Å²) in [5, 5.41) is 10.6. The Morgan fingerprint density at radius 2 is 0.537 bits per heavy atom. The van der Waals surface area contributed by atoms with Crippen LogP contribution in [0.1, 0.15) is 395 Å². The van der Waals surface area contributed by atoms with E-state index in [1.165, 1.54) is 212 Å². The van der Waals surface area contributed by atoms with Gasteiger partial charge in [0.05, 0.1) is 26.4 Å². The molecule has 0 spiro atoms. The summed E-state index contributed by atoms with van der Waals surface area (Å²) in [6.07, 6.45) is 55.3. The van der Waals surface area contributed by atoms with E-state index in [2.05, 4.69) is 41.5 Å². The summed E-state index contributed by atoms with van der Waals surface area (Å²) in [6, 6.07) is 0. The fourth-order valence-corrected chi connectivity index (χ4v) is 13.2. The SMILES string of the molecule is CCCCCCCCCCCCCCCCCCCC(=O)O[C@H](COC(=O)CCCCCCCCCCCCCCC(C)C)COP(=O)(O)OC[C@@H](O)COP(=O)(O)OC[C@@H](COC(=O)CCCCCCCCCCC)OC(=O)CCCCCCCCCCCCC(C)CC. The number of unbranched alkanes of at least 4 members (excludes halogenated alkanes) is 44. The average molecular weight is 1400 g/mol. The third-order valence-electron chi connectivity index (χ3n) is 18.1. The van der Waals surface area contributed by atoms with Gasteiger partial charge in [0.15, 0.2) is 12.2 Å². The molecule has 17 nitrogen and oxygen atoms in total. The second kappa shape index (κ2) is 67.9. The lowest BCUT2D eigenvalue weighted by molar-refractivity contribution is -0.161. The minimum atomic E-state index is -4.96. The molecule has 0 fully saturated rings. The summed E-state index contributed by atoms with van der Waals surface area (Å²) in [5.41, 5.74) is 0. The van der Waals surface area contributed by atoms with Gasteiger partial charge in [-0.15, -0.1) is 0 Å². The number of aliphatic hydroxyl groups is 1. The predicted molar refractivity (Wildman–Crippen MR) is 386 cm³/mol. The van der Waals surface area contributed by atoms with Crippen LogP contribution in [-0.2, 0) is 65.4 Å².